The van der Waals surface area contributed by atoms with Crippen LogP contribution in [-0.4, -0.2) is 39.2 Å². The van der Waals surface area contributed by atoms with Crippen molar-refractivity contribution in [2.45, 2.75) is 128 Å². The van der Waals surface area contributed by atoms with Crippen molar-refractivity contribution in [1.29, 1.82) is 0 Å². The molecule has 0 aromatic rings. The highest BCUT2D eigenvalue weighted by molar-refractivity contribution is 5.04. The van der Waals surface area contributed by atoms with E-state index in [0.29, 0.717) is 12.8 Å². The molecule has 0 aliphatic rings. The van der Waals surface area contributed by atoms with Gasteiger partial charge in [-0.3, -0.25) is 0 Å². The molecule has 0 fully saturated rings. The molecule has 0 aromatic heterocycles. The Morgan fingerprint density at radius 1 is 0.720 bits per heavy atom. The highest BCUT2D eigenvalue weighted by Gasteiger charge is 2.50. The molecule has 0 aromatic carbocycles. The van der Waals surface area contributed by atoms with Crippen molar-refractivity contribution in [1.82, 2.24) is 0 Å². The van der Waals surface area contributed by atoms with Gasteiger partial charge in [-0.2, -0.15) is 0 Å². The Morgan fingerprint density at radius 3 is 1.52 bits per heavy atom. The predicted molar refractivity (Wildman–Crippen MR) is 107 cm³/mol. The first-order chi connectivity index (χ1) is 11.9. The Morgan fingerprint density at radius 2 is 1.12 bits per heavy atom. The quantitative estimate of drug-likeness (QED) is 0.292. The minimum Gasteiger partial charge on any atom is -0.393 e. The van der Waals surface area contributed by atoms with Gasteiger partial charge in [0.05, 0.1) is 6.61 Å². The second-order valence-corrected chi connectivity index (χ2v) is 7.94. The molecule has 0 rings (SSSR count). The van der Waals surface area contributed by atoms with E-state index >= 15 is 0 Å². The normalized spacial score (nSPS) is 17.9. The number of aliphatic hydroxyl groups excluding tert-OH is 1. The van der Waals surface area contributed by atoms with Crippen LogP contribution in [0, 0.1) is 0 Å². The lowest BCUT2D eigenvalue weighted by Gasteiger charge is -2.45. The van der Waals surface area contributed by atoms with Crippen LogP contribution in [0.5, 0.6) is 0 Å². The average Bonchev–Trinajstić information content (AvgIpc) is 2.60. The second-order valence-electron chi connectivity index (χ2n) is 7.94. The Kier molecular flexibility index (Phi) is 13.9. The van der Waals surface area contributed by atoms with Crippen molar-refractivity contribution in [3.8, 4) is 0 Å². The van der Waals surface area contributed by atoms with E-state index in [0.717, 1.165) is 38.5 Å². The summed E-state index contributed by atoms with van der Waals surface area (Å²) in [6, 6.07) is -0.569. The summed E-state index contributed by atoms with van der Waals surface area (Å²) in [6.45, 7) is 5.68. The van der Waals surface area contributed by atoms with Crippen molar-refractivity contribution >= 4 is 0 Å². The van der Waals surface area contributed by atoms with Gasteiger partial charge in [-0.1, -0.05) is 90.9 Å². The summed E-state index contributed by atoms with van der Waals surface area (Å²) >= 11 is 0. The number of rotatable bonds is 17. The van der Waals surface area contributed by atoms with E-state index in [4.69, 9.17) is 5.73 Å². The fourth-order valence-corrected chi connectivity index (χ4v) is 3.69. The third-order valence-electron chi connectivity index (χ3n) is 5.68. The monoisotopic (exact) mass is 359 g/mol. The number of hydrogen-bond donors (Lipinski definition) is 4. The minimum absolute atomic E-state index is 0.406. The van der Waals surface area contributed by atoms with Gasteiger partial charge in [-0.15, -0.1) is 0 Å². The molecule has 25 heavy (non-hydrogen) atoms. The maximum absolute atomic E-state index is 11.1. The first-order valence-electron chi connectivity index (χ1n) is 10.7. The predicted octanol–water partition coefficient (Wildman–Crippen LogP) is 4.29. The first kappa shape index (κ1) is 24.8. The number of nitrogens with two attached hydrogens (primary N) is 1. The Balaban J connectivity index is 4.51. The van der Waals surface area contributed by atoms with Gasteiger partial charge in [0, 0.05) is 6.04 Å². The van der Waals surface area contributed by atoms with Gasteiger partial charge < -0.3 is 21.1 Å². The molecule has 3 unspecified atom stereocenters. The van der Waals surface area contributed by atoms with Crippen LogP contribution in [0.25, 0.3) is 0 Å². The standard InChI is InChI=1S/C21H45NO3/c1-4-6-8-10-12-14-16-20(24,18-23)21(25,19(3)22)17-15-13-11-9-7-5-2/h19,23-25H,4-18,22H2,1-3H3. The summed E-state index contributed by atoms with van der Waals surface area (Å²) in [4.78, 5) is 0. The van der Waals surface area contributed by atoms with Crippen molar-refractivity contribution in [2.75, 3.05) is 6.61 Å². The van der Waals surface area contributed by atoms with Gasteiger partial charge in [0.25, 0.3) is 0 Å². The Bertz CT molecular complexity index is 312. The van der Waals surface area contributed by atoms with Crippen molar-refractivity contribution < 1.29 is 15.3 Å². The Hall–Kier alpha value is -0.160. The van der Waals surface area contributed by atoms with E-state index in [2.05, 4.69) is 13.8 Å². The van der Waals surface area contributed by atoms with E-state index in [1.54, 1.807) is 6.92 Å². The number of unbranched alkanes of at least 4 members (excludes halogenated alkanes) is 10. The molecule has 0 saturated carbocycles. The molecule has 0 spiro atoms. The van der Waals surface area contributed by atoms with E-state index in [-0.39, 0.29) is 0 Å². The summed E-state index contributed by atoms with van der Waals surface area (Å²) in [7, 11) is 0. The van der Waals surface area contributed by atoms with Crippen LogP contribution >= 0.6 is 0 Å². The molecule has 0 bridgehead atoms. The fourth-order valence-electron chi connectivity index (χ4n) is 3.69. The molecule has 4 nitrogen and oxygen atoms in total. The highest BCUT2D eigenvalue weighted by atomic mass is 16.4. The maximum atomic E-state index is 11.1. The highest BCUT2D eigenvalue weighted by Crippen LogP contribution is 2.35. The summed E-state index contributed by atoms with van der Waals surface area (Å²) in [5.74, 6) is 0. The number of aliphatic hydroxyl groups is 3. The maximum Gasteiger partial charge on any atom is 0.118 e. The summed E-state index contributed by atoms with van der Waals surface area (Å²) in [6.07, 6.45) is 14.2. The van der Waals surface area contributed by atoms with Crippen LogP contribution in [0.3, 0.4) is 0 Å². The molecule has 4 heteroatoms. The van der Waals surface area contributed by atoms with Gasteiger partial charge in [0.2, 0.25) is 0 Å². The van der Waals surface area contributed by atoms with E-state index in [1.807, 2.05) is 0 Å². The largest absolute Gasteiger partial charge is 0.393 e. The lowest BCUT2D eigenvalue weighted by atomic mass is 9.72. The molecule has 5 N–H and O–H groups in total. The van der Waals surface area contributed by atoms with Gasteiger partial charge >= 0.3 is 0 Å². The zero-order valence-electron chi connectivity index (χ0n) is 17.1. The lowest BCUT2D eigenvalue weighted by Crippen LogP contribution is -2.64. The van der Waals surface area contributed by atoms with Crippen molar-refractivity contribution in [3.63, 3.8) is 0 Å². The van der Waals surface area contributed by atoms with Gasteiger partial charge in [-0.25, -0.2) is 0 Å². The molecule has 0 heterocycles. The first-order valence-corrected chi connectivity index (χ1v) is 10.7. The number of hydrogen-bond acceptors (Lipinski definition) is 4. The average molecular weight is 360 g/mol. The Labute approximate surface area is 156 Å². The van der Waals surface area contributed by atoms with Crippen molar-refractivity contribution in [3.05, 3.63) is 0 Å². The molecular formula is C21H45NO3. The molecular weight excluding hydrogens is 314 g/mol. The molecule has 0 aliphatic carbocycles. The molecule has 0 radical (unpaired) electrons. The smallest absolute Gasteiger partial charge is 0.118 e. The van der Waals surface area contributed by atoms with Crippen LogP contribution in [0.15, 0.2) is 0 Å². The van der Waals surface area contributed by atoms with Gasteiger partial charge in [-0.05, 0) is 19.8 Å². The summed E-state index contributed by atoms with van der Waals surface area (Å²) < 4.78 is 0. The second kappa shape index (κ2) is 14.0. The van der Waals surface area contributed by atoms with Crippen LogP contribution in [0.2, 0.25) is 0 Å². The summed E-state index contributed by atoms with van der Waals surface area (Å²) in [5.41, 5.74) is 3.12. The SMILES string of the molecule is CCCCCCCCC(O)(CO)C(O)(CCCCCCCC)C(C)N. The van der Waals surface area contributed by atoms with E-state index in [1.165, 1.54) is 38.5 Å². The van der Waals surface area contributed by atoms with Crippen molar-refractivity contribution in [2.24, 2.45) is 5.73 Å². The topological polar surface area (TPSA) is 86.7 Å². The zero-order chi connectivity index (χ0) is 19.2. The minimum atomic E-state index is -1.50. The van der Waals surface area contributed by atoms with E-state index in [9.17, 15) is 15.3 Å². The third kappa shape index (κ3) is 8.85. The molecule has 0 aliphatic heterocycles. The zero-order valence-corrected chi connectivity index (χ0v) is 17.1. The molecule has 0 amide bonds. The molecule has 152 valence electrons. The van der Waals surface area contributed by atoms with Crippen LogP contribution in [0.1, 0.15) is 111 Å². The van der Waals surface area contributed by atoms with Crippen LogP contribution in [0.4, 0.5) is 0 Å². The summed E-state index contributed by atoms with van der Waals surface area (Å²) in [5, 5.41) is 31.9. The van der Waals surface area contributed by atoms with Crippen LogP contribution in [-0.2, 0) is 0 Å². The van der Waals surface area contributed by atoms with Gasteiger partial charge in [0.15, 0.2) is 0 Å². The fraction of sp³-hybridized carbons (Fsp3) is 1.00. The third-order valence-corrected chi connectivity index (χ3v) is 5.68. The van der Waals surface area contributed by atoms with Crippen LogP contribution < -0.4 is 5.73 Å². The van der Waals surface area contributed by atoms with Gasteiger partial charge in [0.1, 0.15) is 11.2 Å². The van der Waals surface area contributed by atoms with E-state index < -0.39 is 23.9 Å². The lowest BCUT2D eigenvalue weighted by molar-refractivity contribution is -0.189. The molecule has 0 saturated heterocycles. The molecule has 3 atom stereocenters.